The van der Waals surface area contributed by atoms with E-state index in [1.54, 1.807) is 23.6 Å². The molecule has 20 heavy (non-hydrogen) atoms. The molecule has 2 heterocycles. The highest BCUT2D eigenvalue weighted by molar-refractivity contribution is 7.11. The summed E-state index contributed by atoms with van der Waals surface area (Å²) < 4.78 is 1.26. The predicted octanol–water partition coefficient (Wildman–Crippen LogP) is 3.02. The minimum Gasteiger partial charge on any atom is -0.373 e. The van der Waals surface area contributed by atoms with Gasteiger partial charge >= 0.3 is 0 Å². The van der Waals surface area contributed by atoms with Crippen LogP contribution in [0.3, 0.4) is 0 Å². The second kappa shape index (κ2) is 6.19. The van der Waals surface area contributed by atoms with Crippen molar-refractivity contribution in [2.75, 3.05) is 5.32 Å². The molecular formula is C13H15ClN4OS. The molecule has 2 aromatic heterocycles. The Hall–Kier alpha value is -1.66. The van der Waals surface area contributed by atoms with Crippen LogP contribution in [0.15, 0.2) is 29.8 Å². The lowest BCUT2D eigenvalue weighted by atomic mass is 10.3. The SMILES string of the molecule is C=CCn1ncc(NC(C)c2ncc(C)s2)c(Cl)c1=O. The first-order valence-electron chi connectivity index (χ1n) is 6.08. The van der Waals surface area contributed by atoms with Crippen LogP contribution in [-0.4, -0.2) is 14.8 Å². The molecule has 0 spiro atoms. The Morgan fingerprint density at radius 2 is 2.35 bits per heavy atom. The van der Waals surface area contributed by atoms with Crippen molar-refractivity contribution in [3.63, 3.8) is 0 Å². The van der Waals surface area contributed by atoms with Gasteiger partial charge in [0.2, 0.25) is 0 Å². The van der Waals surface area contributed by atoms with Crippen LogP contribution in [0.4, 0.5) is 5.69 Å². The maximum absolute atomic E-state index is 12.0. The summed E-state index contributed by atoms with van der Waals surface area (Å²) in [5, 5.41) is 8.28. The molecule has 0 aromatic carbocycles. The fourth-order valence-corrected chi connectivity index (χ4v) is 2.66. The molecule has 0 aliphatic carbocycles. The average Bonchev–Trinajstić information content (AvgIpc) is 2.85. The molecule has 0 saturated heterocycles. The standard InChI is InChI=1S/C13H15ClN4OS/c1-4-5-18-13(19)11(14)10(7-16-18)17-9(3)12-15-6-8(2)20-12/h4,6-7,9,17H,1,5H2,2-3H3. The first kappa shape index (κ1) is 14.7. The van der Waals surface area contributed by atoms with Crippen LogP contribution in [0.1, 0.15) is 22.9 Å². The van der Waals surface area contributed by atoms with E-state index in [4.69, 9.17) is 11.6 Å². The molecule has 0 fully saturated rings. The van der Waals surface area contributed by atoms with E-state index in [9.17, 15) is 4.79 Å². The number of thiazole rings is 1. The topological polar surface area (TPSA) is 59.8 Å². The fraction of sp³-hybridized carbons (Fsp3) is 0.308. The Morgan fingerprint density at radius 3 is 2.95 bits per heavy atom. The smallest absolute Gasteiger partial charge is 0.287 e. The molecule has 0 bridgehead atoms. The van der Waals surface area contributed by atoms with Crippen LogP contribution in [0.2, 0.25) is 5.02 Å². The molecule has 1 atom stereocenters. The number of halogens is 1. The largest absolute Gasteiger partial charge is 0.373 e. The van der Waals surface area contributed by atoms with Gasteiger partial charge < -0.3 is 5.32 Å². The van der Waals surface area contributed by atoms with Gasteiger partial charge in [0.15, 0.2) is 0 Å². The molecule has 0 saturated carbocycles. The highest BCUT2D eigenvalue weighted by atomic mass is 35.5. The summed E-state index contributed by atoms with van der Waals surface area (Å²) in [5.74, 6) is 0. The van der Waals surface area contributed by atoms with E-state index in [-0.39, 0.29) is 16.6 Å². The molecule has 5 nitrogen and oxygen atoms in total. The van der Waals surface area contributed by atoms with Gasteiger partial charge in [0.25, 0.3) is 5.56 Å². The Bertz CT molecular complexity index is 679. The van der Waals surface area contributed by atoms with Crippen LogP contribution >= 0.6 is 22.9 Å². The maximum Gasteiger partial charge on any atom is 0.287 e. The lowest BCUT2D eigenvalue weighted by molar-refractivity contribution is 0.652. The first-order chi connectivity index (χ1) is 9.52. The molecular weight excluding hydrogens is 296 g/mol. The van der Waals surface area contributed by atoms with Crippen LogP contribution in [0, 0.1) is 6.92 Å². The minimum absolute atomic E-state index is 0.0392. The van der Waals surface area contributed by atoms with Crippen LogP contribution in [-0.2, 0) is 6.54 Å². The van der Waals surface area contributed by atoms with Crippen LogP contribution < -0.4 is 10.9 Å². The summed E-state index contributed by atoms with van der Waals surface area (Å²) in [4.78, 5) is 17.4. The van der Waals surface area contributed by atoms with Crippen molar-refractivity contribution in [2.45, 2.75) is 26.4 Å². The van der Waals surface area contributed by atoms with Crippen LogP contribution in [0.25, 0.3) is 0 Å². The zero-order valence-corrected chi connectivity index (χ0v) is 12.8. The van der Waals surface area contributed by atoms with E-state index in [1.807, 2.05) is 20.0 Å². The van der Waals surface area contributed by atoms with Gasteiger partial charge in [-0.25, -0.2) is 9.67 Å². The van der Waals surface area contributed by atoms with Gasteiger partial charge in [-0.05, 0) is 13.8 Å². The molecule has 106 valence electrons. The van der Waals surface area contributed by atoms with Crippen molar-refractivity contribution in [3.05, 3.63) is 50.3 Å². The minimum atomic E-state index is -0.334. The third-order valence-corrected chi connectivity index (χ3v) is 4.13. The Labute approximate surface area is 125 Å². The van der Waals surface area contributed by atoms with Gasteiger partial charge in [0.1, 0.15) is 10.0 Å². The molecule has 0 aliphatic rings. The maximum atomic E-state index is 12.0. The Balaban J connectivity index is 2.24. The number of nitrogens with zero attached hydrogens (tertiary/aromatic N) is 3. The second-order valence-electron chi connectivity index (χ2n) is 4.32. The molecule has 1 unspecified atom stereocenters. The summed E-state index contributed by atoms with van der Waals surface area (Å²) in [6, 6.07) is -0.0392. The summed E-state index contributed by atoms with van der Waals surface area (Å²) in [6.07, 6.45) is 4.96. The number of nitrogens with one attached hydrogen (secondary N) is 1. The molecule has 2 aromatic rings. The quantitative estimate of drug-likeness (QED) is 0.862. The molecule has 0 aliphatic heterocycles. The number of anilines is 1. The third kappa shape index (κ3) is 3.08. The fourth-order valence-electron chi connectivity index (χ4n) is 1.69. The number of hydrogen-bond acceptors (Lipinski definition) is 5. The number of aromatic nitrogens is 3. The van der Waals surface area contributed by atoms with E-state index in [2.05, 4.69) is 22.0 Å². The Kier molecular flexibility index (Phi) is 4.57. The van der Waals surface area contributed by atoms with Crippen molar-refractivity contribution in [1.82, 2.24) is 14.8 Å². The molecule has 0 radical (unpaired) electrons. The van der Waals surface area contributed by atoms with E-state index in [0.29, 0.717) is 12.2 Å². The molecule has 0 amide bonds. The normalized spacial score (nSPS) is 12.2. The predicted molar refractivity (Wildman–Crippen MR) is 82.6 cm³/mol. The van der Waals surface area contributed by atoms with Crippen LogP contribution in [0.5, 0.6) is 0 Å². The van der Waals surface area contributed by atoms with E-state index in [1.165, 1.54) is 4.68 Å². The Morgan fingerprint density at radius 1 is 1.60 bits per heavy atom. The van der Waals surface area contributed by atoms with Crippen molar-refractivity contribution in [1.29, 1.82) is 0 Å². The van der Waals surface area contributed by atoms with Gasteiger partial charge in [0.05, 0.1) is 24.5 Å². The lowest BCUT2D eigenvalue weighted by Gasteiger charge is -2.14. The van der Waals surface area contributed by atoms with Crippen molar-refractivity contribution in [2.24, 2.45) is 0 Å². The van der Waals surface area contributed by atoms with Gasteiger partial charge in [-0.3, -0.25) is 4.79 Å². The summed E-state index contributed by atoms with van der Waals surface area (Å²) in [7, 11) is 0. The average molecular weight is 311 g/mol. The molecule has 2 rings (SSSR count). The number of allylic oxidation sites excluding steroid dienone is 1. The second-order valence-corrected chi connectivity index (χ2v) is 5.97. The first-order valence-corrected chi connectivity index (χ1v) is 7.27. The van der Waals surface area contributed by atoms with Gasteiger partial charge in [-0.2, -0.15) is 5.10 Å². The molecule has 1 N–H and O–H groups in total. The summed E-state index contributed by atoms with van der Waals surface area (Å²) in [6.45, 7) is 7.87. The zero-order chi connectivity index (χ0) is 14.7. The monoisotopic (exact) mass is 310 g/mol. The van der Waals surface area contributed by atoms with Gasteiger partial charge in [-0.1, -0.05) is 17.7 Å². The molecule has 7 heteroatoms. The van der Waals surface area contributed by atoms with E-state index in [0.717, 1.165) is 9.88 Å². The van der Waals surface area contributed by atoms with Crippen molar-refractivity contribution in [3.8, 4) is 0 Å². The lowest BCUT2D eigenvalue weighted by Crippen LogP contribution is -2.24. The van der Waals surface area contributed by atoms with Gasteiger partial charge in [-0.15, -0.1) is 17.9 Å². The van der Waals surface area contributed by atoms with E-state index >= 15 is 0 Å². The number of aryl methyl sites for hydroxylation is 1. The third-order valence-electron chi connectivity index (χ3n) is 2.67. The van der Waals surface area contributed by atoms with E-state index < -0.39 is 0 Å². The summed E-state index contributed by atoms with van der Waals surface area (Å²) >= 11 is 7.69. The number of rotatable bonds is 5. The van der Waals surface area contributed by atoms with Gasteiger partial charge in [0, 0.05) is 11.1 Å². The highest BCUT2D eigenvalue weighted by Gasteiger charge is 2.14. The summed E-state index contributed by atoms with van der Waals surface area (Å²) in [5.41, 5.74) is 0.177. The highest BCUT2D eigenvalue weighted by Crippen LogP contribution is 2.25. The van der Waals surface area contributed by atoms with Crippen molar-refractivity contribution < 1.29 is 0 Å². The van der Waals surface area contributed by atoms with Crippen molar-refractivity contribution >= 4 is 28.6 Å². The number of hydrogen-bond donors (Lipinski definition) is 1. The zero-order valence-electron chi connectivity index (χ0n) is 11.3.